The molecule has 3 rings (SSSR count). The van der Waals surface area contributed by atoms with Gasteiger partial charge in [-0.3, -0.25) is 9.78 Å². The van der Waals surface area contributed by atoms with E-state index in [0.29, 0.717) is 17.1 Å². The predicted molar refractivity (Wildman–Crippen MR) is 99.5 cm³/mol. The zero-order valence-corrected chi connectivity index (χ0v) is 14.7. The van der Waals surface area contributed by atoms with Gasteiger partial charge in [-0.2, -0.15) is 0 Å². The minimum atomic E-state index is -0.300. The average molecular weight is 348 g/mol. The molecule has 0 aliphatic heterocycles. The number of methoxy groups -OCH3 is 2. The van der Waals surface area contributed by atoms with Crippen LogP contribution < -0.4 is 14.8 Å². The van der Waals surface area contributed by atoms with Gasteiger partial charge in [0.1, 0.15) is 0 Å². The number of pyridine rings is 1. The van der Waals surface area contributed by atoms with E-state index < -0.39 is 0 Å². The van der Waals surface area contributed by atoms with E-state index in [1.54, 1.807) is 44.8 Å². The molecule has 0 spiro atoms. The van der Waals surface area contributed by atoms with Crippen molar-refractivity contribution < 1.29 is 14.3 Å². The smallest absolute Gasteiger partial charge is 0.252 e. The summed E-state index contributed by atoms with van der Waals surface area (Å²) >= 11 is 0. The molecule has 0 unspecified atom stereocenters. The maximum absolute atomic E-state index is 12.8. The Bertz CT molecular complexity index is 827. The molecule has 0 aliphatic rings. The number of aromatic nitrogens is 1. The van der Waals surface area contributed by atoms with Gasteiger partial charge in [0.05, 0.1) is 20.3 Å². The monoisotopic (exact) mass is 348 g/mol. The Kier molecular flexibility index (Phi) is 5.49. The van der Waals surface area contributed by atoms with Crippen LogP contribution in [0.5, 0.6) is 11.5 Å². The minimum absolute atomic E-state index is 0.205. The molecule has 0 fully saturated rings. The number of nitrogens with zero attached hydrogens (tertiary/aromatic N) is 1. The molecule has 0 radical (unpaired) electrons. The van der Waals surface area contributed by atoms with Crippen LogP contribution in [0.15, 0.2) is 73.1 Å². The number of hydrogen-bond acceptors (Lipinski definition) is 4. The van der Waals surface area contributed by atoms with Gasteiger partial charge in [0.25, 0.3) is 5.91 Å². The molecule has 1 N–H and O–H groups in total. The third-order valence-electron chi connectivity index (χ3n) is 4.07. The van der Waals surface area contributed by atoms with Crippen LogP contribution in [0.1, 0.15) is 27.5 Å². The van der Waals surface area contributed by atoms with Gasteiger partial charge in [-0.25, -0.2) is 0 Å². The summed E-state index contributed by atoms with van der Waals surface area (Å²) in [5, 5.41) is 3.08. The number of benzene rings is 2. The number of rotatable bonds is 6. The molecular formula is C21H20N2O3. The van der Waals surface area contributed by atoms with Crippen molar-refractivity contribution in [2.45, 2.75) is 6.04 Å². The van der Waals surface area contributed by atoms with Crippen molar-refractivity contribution in [1.29, 1.82) is 0 Å². The lowest BCUT2D eigenvalue weighted by atomic mass is 9.99. The Morgan fingerprint density at radius 2 is 1.65 bits per heavy atom. The maximum Gasteiger partial charge on any atom is 0.252 e. The SMILES string of the molecule is COc1ccc(C(=O)N[C@@H](c2ccccc2)c2cccnc2)cc1OC. The molecule has 5 nitrogen and oxygen atoms in total. The van der Waals surface area contributed by atoms with E-state index in [-0.39, 0.29) is 11.9 Å². The van der Waals surface area contributed by atoms with Crippen LogP contribution in [0.3, 0.4) is 0 Å². The average Bonchev–Trinajstić information content (AvgIpc) is 2.72. The second-order valence-corrected chi connectivity index (χ2v) is 5.67. The van der Waals surface area contributed by atoms with Gasteiger partial charge >= 0.3 is 0 Å². The Hall–Kier alpha value is -3.34. The molecule has 2 aromatic carbocycles. The molecule has 1 amide bonds. The van der Waals surface area contributed by atoms with Crippen molar-refractivity contribution in [3.63, 3.8) is 0 Å². The lowest BCUT2D eigenvalue weighted by Gasteiger charge is -2.20. The second-order valence-electron chi connectivity index (χ2n) is 5.67. The van der Waals surface area contributed by atoms with E-state index in [1.807, 2.05) is 42.5 Å². The molecule has 0 bridgehead atoms. The fraction of sp³-hybridized carbons (Fsp3) is 0.143. The van der Waals surface area contributed by atoms with Crippen LogP contribution in [0, 0.1) is 0 Å². The summed E-state index contributed by atoms with van der Waals surface area (Å²) in [6.07, 6.45) is 3.47. The topological polar surface area (TPSA) is 60.5 Å². The first kappa shape index (κ1) is 17.5. The van der Waals surface area contributed by atoms with Gasteiger partial charge < -0.3 is 14.8 Å². The summed E-state index contributed by atoms with van der Waals surface area (Å²) < 4.78 is 10.5. The normalized spacial score (nSPS) is 11.5. The molecule has 0 saturated carbocycles. The summed E-state index contributed by atoms with van der Waals surface area (Å²) in [5.41, 5.74) is 2.38. The lowest BCUT2D eigenvalue weighted by molar-refractivity contribution is 0.0942. The van der Waals surface area contributed by atoms with Crippen LogP contribution in [0.25, 0.3) is 0 Å². The Balaban J connectivity index is 1.91. The molecule has 1 heterocycles. The number of ether oxygens (including phenoxy) is 2. The molecule has 1 aromatic heterocycles. The summed E-state index contributed by atoms with van der Waals surface area (Å²) in [6.45, 7) is 0. The maximum atomic E-state index is 12.8. The van der Waals surface area contributed by atoms with Crippen LogP contribution in [-0.4, -0.2) is 25.1 Å². The second kappa shape index (κ2) is 8.16. The molecule has 132 valence electrons. The highest BCUT2D eigenvalue weighted by atomic mass is 16.5. The zero-order valence-electron chi connectivity index (χ0n) is 14.7. The molecule has 3 aromatic rings. The van der Waals surface area contributed by atoms with E-state index in [1.165, 1.54) is 0 Å². The van der Waals surface area contributed by atoms with Crippen molar-refractivity contribution in [2.75, 3.05) is 14.2 Å². The van der Waals surface area contributed by atoms with Crippen LogP contribution >= 0.6 is 0 Å². The first-order valence-electron chi connectivity index (χ1n) is 8.20. The quantitative estimate of drug-likeness (QED) is 0.739. The van der Waals surface area contributed by atoms with E-state index >= 15 is 0 Å². The zero-order chi connectivity index (χ0) is 18.4. The lowest BCUT2D eigenvalue weighted by Crippen LogP contribution is -2.29. The van der Waals surface area contributed by atoms with Gasteiger partial charge in [-0.1, -0.05) is 36.4 Å². The van der Waals surface area contributed by atoms with E-state index in [2.05, 4.69) is 10.3 Å². The summed E-state index contributed by atoms with van der Waals surface area (Å²) in [5.74, 6) is 0.886. The molecule has 26 heavy (non-hydrogen) atoms. The van der Waals surface area contributed by atoms with Crippen molar-refractivity contribution >= 4 is 5.91 Å². The molecule has 5 heteroatoms. The largest absolute Gasteiger partial charge is 0.493 e. The fourth-order valence-corrected chi connectivity index (χ4v) is 2.74. The minimum Gasteiger partial charge on any atom is -0.493 e. The number of hydrogen-bond donors (Lipinski definition) is 1. The molecule has 0 aliphatic carbocycles. The Labute approximate surface area is 152 Å². The fourth-order valence-electron chi connectivity index (χ4n) is 2.74. The van der Waals surface area contributed by atoms with Crippen LogP contribution in [0.2, 0.25) is 0 Å². The van der Waals surface area contributed by atoms with Gasteiger partial charge in [0, 0.05) is 18.0 Å². The molecule has 1 atom stereocenters. The Morgan fingerprint density at radius 3 is 2.31 bits per heavy atom. The number of amides is 1. The third kappa shape index (κ3) is 3.83. The standard InChI is InChI=1S/C21H20N2O3/c1-25-18-11-10-16(13-19(18)26-2)21(24)23-20(15-7-4-3-5-8-15)17-9-6-12-22-14-17/h3-14,20H,1-2H3,(H,23,24)/t20-/m0/s1. The van der Waals surface area contributed by atoms with Crippen LogP contribution in [-0.2, 0) is 0 Å². The number of carbonyl (C=O) groups excluding carboxylic acids is 1. The number of carbonyl (C=O) groups is 1. The van der Waals surface area contributed by atoms with Gasteiger partial charge in [0.15, 0.2) is 11.5 Å². The predicted octanol–water partition coefficient (Wildman–Crippen LogP) is 3.62. The van der Waals surface area contributed by atoms with Gasteiger partial charge in [-0.05, 0) is 35.4 Å². The van der Waals surface area contributed by atoms with Gasteiger partial charge in [-0.15, -0.1) is 0 Å². The highest BCUT2D eigenvalue weighted by molar-refractivity contribution is 5.95. The highest BCUT2D eigenvalue weighted by Crippen LogP contribution is 2.28. The van der Waals surface area contributed by atoms with Crippen LogP contribution in [0.4, 0.5) is 0 Å². The first-order valence-corrected chi connectivity index (χ1v) is 8.20. The van der Waals surface area contributed by atoms with Gasteiger partial charge in [0.2, 0.25) is 0 Å². The number of nitrogens with one attached hydrogen (secondary N) is 1. The first-order chi connectivity index (χ1) is 12.7. The third-order valence-corrected chi connectivity index (χ3v) is 4.07. The van der Waals surface area contributed by atoms with Crippen molar-refractivity contribution in [3.8, 4) is 11.5 Å². The van der Waals surface area contributed by atoms with Crippen molar-refractivity contribution in [3.05, 3.63) is 89.7 Å². The van der Waals surface area contributed by atoms with E-state index in [0.717, 1.165) is 11.1 Å². The molecule has 0 saturated heterocycles. The van der Waals surface area contributed by atoms with E-state index in [9.17, 15) is 4.79 Å². The Morgan fingerprint density at radius 1 is 0.923 bits per heavy atom. The van der Waals surface area contributed by atoms with E-state index in [4.69, 9.17) is 9.47 Å². The van der Waals surface area contributed by atoms with Crippen molar-refractivity contribution in [2.24, 2.45) is 0 Å². The summed E-state index contributed by atoms with van der Waals surface area (Å²) in [7, 11) is 3.10. The molecular weight excluding hydrogens is 328 g/mol. The highest BCUT2D eigenvalue weighted by Gasteiger charge is 2.19. The summed E-state index contributed by atoms with van der Waals surface area (Å²) in [6, 6.07) is 18.4. The van der Waals surface area contributed by atoms with Crippen molar-refractivity contribution in [1.82, 2.24) is 10.3 Å². The summed E-state index contributed by atoms with van der Waals surface area (Å²) in [4.78, 5) is 17.0.